The SMILES string of the molecule is COc1cccc(OCC(=O)N2CCCC2C(=O)OC(C)(C)C)c1OCC(=O)N1CCCC1C(=O)OC(C)(C)C. The predicted molar refractivity (Wildman–Crippen MR) is 145 cm³/mol. The Labute approximate surface area is 236 Å². The zero-order chi connectivity index (χ0) is 29.7. The summed E-state index contributed by atoms with van der Waals surface area (Å²) in [5.41, 5.74) is -1.31. The number of carbonyl (C=O) groups excluding carboxylic acids is 4. The fourth-order valence-corrected chi connectivity index (χ4v) is 4.71. The van der Waals surface area contributed by atoms with E-state index < -0.39 is 35.2 Å². The van der Waals surface area contributed by atoms with Gasteiger partial charge in [0.1, 0.15) is 23.3 Å². The van der Waals surface area contributed by atoms with Gasteiger partial charge in [-0.3, -0.25) is 9.59 Å². The molecule has 0 saturated carbocycles. The summed E-state index contributed by atoms with van der Waals surface area (Å²) in [7, 11) is 1.45. The summed E-state index contributed by atoms with van der Waals surface area (Å²) in [6.07, 6.45) is 2.41. The van der Waals surface area contributed by atoms with E-state index in [0.717, 1.165) is 0 Å². The van der Waals surface area contributed by atoms with Gasteiger partial charge in [0.25, 0.3) is 11.8 Å². The summed E-state index contributed by atoms with van der Waals surface area (Å²) in [4.78, 5) is 54.3. The van der Waals surface area contributed by atoms with Crippen molar-refractivity contribution in [3.05, 3.63) is 18.2 Å². The first kappa shape index (κ1) is 31.0. The number of ether oxygens (including phenoxy) is 5. The summed E-state index contributed by atoms with van der Waals surface area (Å²) in [5, 5.41) is 0. The van der Waals surface area contributed by atoms with Crippen molar-refractivity contribution in [3.8, 4) is 17.2 Å². The minimum absolute atomic E-state index is 0.157. The number of amides is 2. The van der Waals surface area contributed by atoms with Crippen molar-refractivity contribution in [2.45, 2.75) is 90.5 Å². The topological polar surface area (TPSA) is 121 Å². The molecular formula is C29H42N2O9. The van der Waals surface area contributed by atoms with Gasteiger partial charge in [-0.25, -0.2) is 9.59 Å². The van der Waals surface area contributed by atoms with E-state index in [-0.39, 0.29) is 36.5 Å². The molecular weight excluding hydrogens is 520 g/mol. The van der Waals surface area contributed by atoms with Crippen LogP contribution in [0.3, 0.4) is 0 Å². The highest BCUT2D eigenvalue weighted by atomic mass is 16.6. The lowest BCUT2D eigenvalue weighted by Crippen LogP contribution is -2.45. The Morgan fingerprint density at radius 2 is 1.20 bits per heavy atom. The van der Waals surface area contributed by atoms with E-state index in [1.54, 1.807) is 59.7 Å². The maximum absolute atomic E-state index is 13.1. The molecule has 2 heterocycles. The van der Waals surface area contributed by atoms with Gasteiger partial charge in [0.15, 0.2) is 24.7 Å². The molecule has 222 valence electrons. The summed E-state index contributed by atoms with van der Waals surface area (Å²) >= 11 is 0. The maximum atomic E-state index is 13.1. The predicted octanol–water partition coefficient (Wildman–Crippen LogP) is 3.12. The van der Waals surface area contributed by atoms with Gasteiger partial charge in [0.2, 0.25) is 5.75 Å². The Morgan fingerprint density at radius 3 is 1.65 bits per heavy atom. The van der Waals surface area contributed by atoms with Crippen LogP contribution in [-0.2, 0) is 28.7 Å². The number of esters is 2. The second-order valence-electron chi connectivity index (χ2n) is 11.9. The lowest BCUT2D eigenvalue weighted by molar-refractivity contribution is -0.164. The van der Waals surface area contributed by atoms with Crippen LogP contribution in [0.25, 0.3) is 0 Å². The van der Waals surface area contributed by atoms with Gasteiger partial charge in [-0.05, 0) is 79.4 Å². The van der Waals surface area contributed by atoms with E-state index in [2.05, 4.69) is 0 Å². The first-order valence-corrected chi connectivity index (χ1v) is 13.7. The molecule has 2 atom stereocenters. The maximum Gasteiger partial charge on any atom is 0.329 e. The Hall–Kier alpha value is -3.50. The Morgan fingerprint density at radius 1 is 0.750 bits per heavy atom. The molecule has 40 heavy (non-hydrogen) atoms. The Bertz CT molecular complexity index is 1090. The number of benzene rings is 1. The highest BCUT2D eigenvalue weighted by Gasteiger charge is 2.38. The zero-order valence-electron chi connectivity index (χ0n) is 24.6. The molecule has 1 aromatic carbocycles. The highest BCUT2D eigenvalue weighted by molar-refractivity contribution is 5.87. The summed E-state index contributed by atoms with van der Waals surface area (Å²) < 4.78 is 28.0. The first-order valence-electron chi connectivity index (χ1n) is 13.7. The van der Waals surface area contributed by atoms with Crippen LogP contribution >= 0.6 is 0 Å². The van der Waals surface area contributed by atoms with Crippen molar-refractivity contribution < 1.29 is 42.9 Å². The second-order valence-corrected chi connectivity index (χ2v) is 11.9. The summed E-state index contributed by atoms with van der Waals surface area (Å²) in [6.45, 7) is 10.8. The lowest BCUT2D eigenvalue weighted by Gasteiger charge is -2.28. The molecule has 0 aliphatic carbocycles. The molecule has 0 radical (unpaired) electrons. The van der Waals surface area contributed by atoms with E-state index in [0.29, 0.717) is 44.5 Å². The molecule has 2 saturated heterocycles. The number of rotatable bonds is 9. The number of carbonyl (C=O) groups is 4. The molecule has 0 spiro atoms. The van der Waals surface area contributed by atoms with Gasteiger partial charge in [-0.2, -0.15) is 0 Å². The molecule has 1 aromatic rings. The molecule has 3 rings (SSSR count). The minimum atomic E-state index is -0.667. The number of likely N-dealkylation sites (tertiary alicyclic amines) is 2. The normalized spacial score (nSPS) is 19.3. The smallest absolute Gasteiger partial charge is 0.329 e. The van der Waals surface area contributed by atoms with Gasteiger partial charge < -0.3 is 33.5 Å². The monoisotopic (exact) mass is 562 g/mol. The van der Waals surface area contributed by atoms with Crippen molar-refractivity contribution in [3.63, 3.8) is 0 Å². The van der Waals surface area contributed by atoms with Crippen LogP contribution in [0.2, 0.25) is 0 Å². The van der Waals surface area contributed by atoms with Gasteiger partial charge in [0.05, 0.1) is 7.11 Å². The highest BCUT2D eigenvalue weighted by Crippen LogP contribution is 2.37. The van der Waals surface area contributed by atoms with Crippen LogP contribution in [-0.4, -0.2) is 90.3 Å². The largest absolute Gasteiger partial charge is 0.493 e. The van der Waals surface area contributed by atoms with Crippen molar-refractivity contribution in [1.82, 2.24) is 9.80 Å². The summed E-state index contributed by atoms with van der Waals surface area (Å²) in [5.74, 6) is -0.939. The molecule has 11 heteroatoms. The van der Waals surface area contributed by atoms with Crippen LogP contribution in [0, 0.1) is 0 Å². The Balaban J connectivity index is 1.65. The van der Waals surface area contributed by atoms with E-state index in [1.807, 2.05) is 0 Å². The van der Waals surface area contributed by atoms with Crippen LogP contribution in [0.4, 0.5) is 0 Å². The average molecular weight is 563 g/mol. The van der Waals surface area contributed by atoms with E-state index in [4.69, 9.17) is 23.7 Å². The zero-order valence-corrected chi connectivity index (χ0v) is 24.6. The molecule has 0 aromatic heterocycles. The summed E-state index contributed by atoms with van der Waals surface area (Å²) in [6, 6.07) is 3.59. The lowest BCUT2D eigenvalue weighted by atomic mass is 10.1. The van der Waals surface area contributed by atoms with Crippen molar-refractivity contribution in [1.29, 1.82) is 0 Å². The van der Waals surface area contributed by atoms with Crippen molar-refractivity contribution in [2.24, 2.45) is 0 Å². The van der Waals surface area contributed by atoms with Crippen molar-refractivity contribution in [2.75, 3.05) is 33.4 Å². The number of methoxy groups -OCH3 is 1. The molecule has 0 N–H and O–H groups in total. The van der Waals surface area contributed by atoms with E-state index >= 15 is 0 Å². The average Bonchev–Trinajstić information content (AvgIpc) is 3.54. The second kappa shape index (κ2) is 12.8. The third kappa shape index (κ3) is 8.25. The van der Waals surface area contributed by atoms with Gasteiger partial charge in [-0.1, -0.05) is 6.07 Å². The molecule has 2 unspecified atom stereocenters. The quantitative estimate of drug-likeness (QED) is 0.418. The third-order valence-electron chi connectivity index (χ3n) is 6.36. The molecule has 0 bridgehead atoms. The minimum Gasteiger partial charge on any atom is -0.493 e. The number of hydrogen-bond acceptors (Lipinski definition) is 9. The molecule has 2 aliphatic heterocycles. The number of nitrogens with zero attached hydrogens (tertiary/aromatic N) is 2. The van der Waals surface area contributed by atoms with Gasteiger partial charge >= 0.3 is 11.9 Å². The molecule has 2 amide bonds. The van der Waals surface area contributed by atoms with E-state index in [9.17, 15) is 19.2 Å². The van der Waals surface area contributed by atoms with Crippen LogP contribution in [0.1, 0.15) is 67.2 Å². The molecule has 2 fully saturated rings. The number of hydrogen-bond donors (Lipinski definition) is 0. The van der Waals surface area contributed by atoms with Crippen LogP contribution < -0.4 is 14.2 Å². The number of para-hydroxylation sites is 1. The Kier molecular flexibility index (Phi) is 9.92. The third-order valence-corrected chi connectivity index (χ3v) is 6.36. The first-order chi connectivity index (χ1) is 18.7. The fourth-order valence-electron chi connectivity index (χ4n) is 4.71. The van der Waals surface area contributed by atoms with Gasteiger partial charge in [-0.15, -0.1) is 0 Å². The van der Waals surface area contributed by atoms with E-state index in [1.165, 1.54) is 16.9 Å². The standard InChI is InChI=1S/C29H42N2O9/c1-28(2,3)39-26(34)19-11-9-15-30(19)23(32)17-37-22-14-8-13-21(36-7)25(22)38-18-24(33)31-16-10-12-20(31)27(35)40-29(4,5)6/h8,13-14,19-20H,9-12,15-18H2,1-7H3. The molecule has 2 aliphatic rings. The van der Waals surface area contributed by atoms with Crippen molar-refractivity contribution >= 4 is 23.8 Å². The van der Waals surface area contributed by atoms with Gasteiger partial charge in [0, 0.05) is 13.1 Å². The van der Waals surface area contributed by atoms with Crippen LogP contribution in [0.5, 0.6) is 17.2 Å². The molecule has 11 nitrogen and oxygen atoms in total. The van der Waals surface area contributed by atoms with Crippen LogP contribution in [0.15, 0.2) is 18.2 Å². The fraction of sp³-hybridized carbons (Fsp3) is 0.655.